The predicted octanol–water partition coefficient (Wildman–Crippen LogP) is 2.50. The first-order valence-corrected chi connectivity index (χ1v) is 7.50. The Morgan fingerprint density at radius 3 is 2.74 bits per heavy atom. The number of nitrogens with one attached hydrogen (secondary N) is 1. The molecule has 5 heteroatoms. The summed E-state index contributed by atoms with van der Waals surface area (Å²) in [5.41, 5.74) is 1.49. The molecule has 1 aliphatic carbocycles. The summed E-state index contributed by atoms with van der Waals surface area (Å²) >= 11 is 6.00. The van der Waals surface area contributed by atoms with Gasteiger partial charge in [-0.1, -0.05) is 12.8 Å². The molecule has 0 spiro atoms. The fraction of sp³-hybridized carbons (Fsp3) is 0.714. The molecule has 1 heterocycles. The Labute approximate surface area is 119 Å². The quantitative estimate of drug-likeness (QED) is 0.863. The van der Waals surface area contributed by atoms with E-state index in [-0.39, 0.29) is 5.91 Å². The summed E-state index contributed by atoms with van der Waals surface area (Å²) < 4.78 is 1.72. The molecular formula is C14H22ClN3O. The number of carbonyl (C=O) groups excluding carboxylic acids is 1. The Balaban J connectivity index is 1.89. The highest BCUT2D eigenvalue weighted by Crippen LogP contribution is 2.30. The van der Waals surface area contributed by atoms with Crippen molar-refractivity contribution in [1.29, 1.82) is 0 Å². The summed E-state index contributed by atoms with van der Waals surface area (Å²) in [7, 11) is 1.84. The molecule has 106 valence electrons. The molecule has 2 rings (SSSR count). The van der Waals surface area contributed by atoms with Crippen LogP contribution < -0.4 is 5.32 Å². The molecule has 1 amide bonds. The number of aryl methyl sites for hydroxylation is 2. The average molecular weight is 284 g/mol. The van der Waals surface area contributed by atoms with Crippen molar-refractivity contribution in [2.45, 2.75) is 32.6 Å². The standard InChI is InChI=1S/C14H22ClN3O/c1-10-7-13(17-18(10)2)14(19)16-9-12-6-4-3-5-11(12)8-15/h7,11-12H,3-6,8-9H2,1-2H3,(H,16,19). The van der Waals surface area contributed by atoms with E-state index in [1.807, 2.05) is 20.0 Å². The van der Waals surface area contributed by atoms with E-state index in [0.29, 0.717) is 30.0 Å². The number of rotatable bonds is 4. The van der Waals surface area contributed by atoms with Crippen molar-refractivity contribution in [3.05, 3.63) is 17.5 Å². The average Bonchev–Trinajstić information content (AvgIpc) is 2.76. The van der Waals surface area contributed by atoms with E-state index >= 15 is 0 Å². The van der Waals surface area contributed by atoms with Gasteiger partial charge in [0.25, 0.3) is 5.91 Å². The van der Waals surface area contributed by atoms with Crippen LogP contribution in [0, 0.1) is 18.8 Å². The maximum Gasteiger partial charge on any atom is 0.271 e. The zero-order valence-electron chi connectivity index (χ0n) is 11.7. The Hall–Kier alpha value is -1.03. The summed E-state index contributed by atoms with van der Waals surface area (Å²) in [6.07, 6.45) is 4.86. The van der Waals surface area contributed by atoms with Crippen LogP contribution in [-0.4, -0.2) is 28.1 Å². The molecule has 1 aromatic heterocycles. The van der Waals surface area contributed by atoms with Crippen molar-refractivity contribution in [3.8, 4) is 0 Å². The van der Waals surface area contributed by atoms with Crippen LogP contribution in [0.4, 0.5) is 0 Å². The predicted molar refractivity (Wildman–Crippen MR) is 76.4 cm³/mol. The molecule has 2 unspecified atom stereocenters. The fourth-order valence-corrected chi connectivity index (χ4v) is 3.15. The van der Waals surface area contributed by atoms with Crippen LogP contribution in [0.3, 0.4) is 0 Å². The van der Waals surface area contributed by atoms with Gasteiger partial charge in [-0.05, 0) is 37.7 Å². The Morgan fingerprint density at radius 2 is 2.16 bits per heavy atom. The van der Waals surface area contributed by atoms with Gasteiger partial charge in [0.05, 0.1) is 0 Å². The Kier molecular flexibility index (Phi) is 4.86. The fourth-order valence-electron chi connectivity index (χ4n) is 2.74. The van der Waals surface area contributed by atoms with Crippen LogP contribution in [0.15, 0.2) is 6.07 Å². The second-order valence-electron chi connectivity index (χ2n) is 5.46. The van der Waals surface area contributed by atoms with Gasteiger partial charge in [-0.2, -0.15) is 5.10 Å². The third-order valence-corrected chi connectivity index (χ3v) is 4.53. The Morgan fingerprint density at radius 1 is 1.47 bits per heavy atom. The monoisotopic (exact) mass is 283 g/mol. The normalized spacial score (nSPS) is 23.3. The molecule has 1 N–H and O–H groups in total. The van der Waals surface area contributed by atoms with Gasteiger partial charge >= 0.3 is 0 Å². The molecule has 0 aliphatic heterocycles. The van der Waals surface area contributed by atoms with Gasteiger partial charge in [0.1, 0.15) is 5.69 Å². The van der Waals surface area contributed by atoms with Crippen LogP contribution in [0.25, 0.3) is 0 Å². The first-order chi connectivity index (χ1) is 9.11. The SMILES string of the molecule is Cc1cc(C(=O)NCC2CCCCC2CCl)nn1C. The smallest absolute Gasteiger partial charge is 0.271 e. The number of hydrogen-bond donors (Lipinski definition) is 1. The van der Waals surface area contributed by atoms with E-state index in [4.69, 9.17) is 11.6 Å². The van der Waals surface area contributed by atoms with E-state index in [1.54, 1.807) is 4.68 Å². The zero-order valence-corrected chi connectivity index (χ0v) is 12.4. The molecule has 1 saturated carbocycles. The molecule has 0 aromatic carbocycles. The van der Waals surface area contributed by atoms with Crippen molar-refractivity contribution in [2.75, 3.05) is 12.4 Å². The molecule has 1 aliphatic rings. The molecule has 19 heavy (non-hydrogen) atoms. The lowest BCUT2D eigenvalue weighted by Crippen LogP contribution is -2.35. The molecule has 0 bridgehead atoms. The van der Waals surface area contributed by atoms with Crippen molar-refractivity contribution in [3.63, 3.8) is 0 Å². The van der Waals surface area contributed by atoms with Crippen LogP contribution >= 0.6 is 11.6 Å². The third-order valence-electron chi connectivity index (χ3n) is 4.14. The summed E-state index contributed by atoms with van der Waals surface area (Å²) in [5, 5.41) is 7.19. The van der Waals surface area contributed by atoms with E-state index < -0.39 is 0 Å². The molecule has 0 radical (unpaired) electrons. The second kappa shape index (κ2) is 6.42. The number of carbonyl (C=O) groups is 1. The highest BCUT2D eigenvalue weighted by molar-refractivity contribution is 6.18. The highest BCUT2D eigenvalue weighted by Gasteiger charge is 2.25. The van der Waals surface area contributed by atoms with E-state index in [2.05, 4.69) is 10.4 Å². The molecule has 2 atom stereocenters. The number of halogens is 1. The number of hydrogen-bond acceptors (Lipinski definition) is 2. The summed E-state index contributed by atoms with van der Waals surface area (Å²) in [5.74, 6) is 1.67. The summed E-state index contributed by atoms with van der Waals surface area (Å²) in [4.78, 5) is 12.0. The first-order valence-electron chi connectivity index (χ1n) is 6.96. The second-order valence-corrected chi connectivity index (χ2v) is 5.77. The van der Waals surface area contributed by atoms with E-state index in [0.717, 1.165) is 5.69 Å². The van der Waals surface area contributed by atoms with E-state index in [1.165, 1.54) is 25.7 Å². The van der Waals surface area contributed by atoms with Crippen LogP contribution in [-0.2, 0) is 7.05 Å². The van der Waals surface area contributed by atoms with Crippen LogP contribution in [0.2, 0.25) is 0 Å². The minimum atomic E-state index is -0.0809. The van der Waals surface area contributed by atoms with Crippen LogP contribution in [0.1, 0.15) is 41.9 Å². The van der Waals surface area contributed by atoms with Gasteiger partial charge < -0.3 is 5.32 Å². The van der Waals surface area contributed by atoms with Crippen molar-refractivity contribution >= 4 is 17.5 Å². The largest absolute Gasteiger partial charge is 0.350 e. The molecule has 1 aromatic rings. The lowest BCUT2D eigenvalue weighted by atomic mass is 9.80. The van der Waals surface area contributed by atoms with Crippen molar-refractivity contribution in [2.24, 2.45) is 18.9 Å². The summed E-state index contributed by atoms with van der Waals surface area (Å²) in [6, 6.07) is 1.81. The first kappa shape index (κ1) is 14.4. The van der Waals surface area contributed by atoms with Crippen LogP contribution in [0.5, 0.6) is 0 Å². The number of nitrogens with zero attached hydrogens (tertiary/aromatic N) is 2. The topological polar surface area (TPSA) is 46.9 Å². The van der Waals surface area contributed by atoms with E-state index in [9.17, 15) is 4.79 Å². The zero-order chi connectivity index (χ0) is 13.8. The number of alkyl halides is 1. The third kappa shape index (κ3) is 3.50. The van der Waals surface area contributed by atoms with Crippen molar-refractivity contribution in [1.82, 2.24) is 15.1 Å². The van der Waals surface area contributed by atoms with Gasteiger partial charge in [-0.3, -0.25) is 9.48 Å². The molecule has 4 nitrogen and oxygen atoms in total. The van der Waals surface area contributed by atoms with Gasteiger partial charge in [-0.15, -0.1) is 11.6 Å². The maximum atomic E-state index is 12.0. The van der Waals surface area contributed by atoms with Gasteiger partial charge in [0, 0.05) is 25.2 Å². The van der Waals surface area contributed by atoms with Gasteiger partial charge in [0.2, 0.25) is 0 Å². The number of aromatic nitrogens is 2. The Bertz CT molecular complexity index is 424. The lowest BCUT2D eigenvalue weighted by Gasteiger charge is -2.30. The van der Waals surface area contributed by atoms with Gasteiger partial charge in [-0.25, -0.2) is 0 Å². The minimum Gasteiger partial charge on any atom is -0.350 e. The molecular weight excluding hydrogens is 262 g/mol. The lowest BCUT2D eigenvalue weighted by molar-refractivity contribution is 0.0931. The van der Waals surface area contributed by atoms with Gasteiger partial charge in [0.15, 0.2) is 0 Å². The summed E-state index contributed by atoms with van der Waals surface area (Å²) in [6.45, 7) is 2.65. The minimum absolute atomic E-state index is 0.0809. The maximum absolute atomic E-state index is 12.0. The molecule has 1 fully saturated rings. The number of amides is 1. The molecule has 0 saturated heterocycles. The van der Waals surface area contributed by atoms with Crippen molar-refractivity contribution < 1.29 is 4.79 Å². The highest BCUT2D eigenvalue weighted by atomic mass is 35.5.